The zero-order valence-electron chi connectivity index (χ0n) is 11.5. The second-order valence-corrected chi connectivity index (χ2v) is 4.54. The molecule has 0 saturated heterocycles. The van der Waals surface area contributed by atoms with E-state index in [1.165, 1.54) is 0 Å². The molecular weight excluding hydrogens is 238 g/mol. The van der Waals surface area contributed by atoms with Gasteiger partial charge in [-0.05, 0) is 13.8 Å². The minimum Gasteiger partial charge on any atom is -0.380 e. The van der Waals surface area contributed by atoms with Gasteiger partial charge in [-0.2, -0.15) is 0 Å². The van der Waals surface area contributed by atoms with Crippen LogP contribution >= 0.6 is 0 Å². The molecule has 4 nitrogen and oxygen atoms in total. The molecule has 100 valence electrons. The molecule has 0 aliphatic heterocycles. The topological polar surface area (TPSA) is 47.0 Å². The smallest absolute Gasteiger partial charge is 0.159 e. The number of anilines is 1. The van der Waals surface area contributed by atoms with Crippen LogP contribution in [-0.4, -0.2) is 29.2 Å². The summed E-state index contributed by atoms with van der Waals surface area (Å²) >= 11 is 0. The van der Waals surface area contributed by atoms with E-state index in [4.69, 9.17) is 4.74 Å². The van der Waals surface area contributed by atoms with Crippen LogP contribution < -0.4 is 5.32 Å². The molecular formula is C15H19N3O. The molecule has 2 rings (SSSR count). The van der Waals surface area contributed by atoms with E-state index in [-0.39, 0.29) is 12.1 Å². The van der Waals surface area contributed by atoms with Gasteiger partial charge in [0.1, 0.15) is 0 Å². The number of nitrogens with one attached hydrogen (secondary N) is 1. The maximum absolute atomic E-state index is 5.27. The minimum absolute atomic E-state index is 0.133. The van der Waals surface area contributed by atoms with Crippen molar-refractivity contribution >= 4 is 5.69 Å². The van der Waals surface area contributed by atoms with Gasteiger partial charge in [0.25, 0.3) is 0 Å². The summed E-state index contributed by atoms with van der Waals surface area (Å²) in [5, 5.41) is 3.32. The number of nitrogens with zero attached hydrogens (tertiary/aromatic N) is 2. The van der Waals surface area contributed by atoms with E-state index < -0.39 is 0 Å². The predicted octanol–water partition coefficient (Wildman–Crippen LogP) is 2.98. The van der Waals surface area contributed by atoms with Crippen LogP contribution in [-0.2, 0) is 4.74 Å². The molecule has 0 amide bonds. The number of ether oxygens (including phenoxy) is 1. The van der Waals surface area contributed by atoms with Gasteiger partial charge in [0.15, 0.2) is 5.82 Å². The molecule has 0 fully saturated rings. The van der Waals surface area contributed by atoms with Crippen LogP contribution in [0, 0.1) is 0 Å². The molecule has 4 heteroatoms. The fourth-order valence-corrected chi connectivity index (χ4v) is 1.72. The van der Waals surface area contributed by atoms with E-state index in [2.05, 4.69) is 22.2 Å². The lowest BCUT2D eigenvalue weighted by Gasteiger charge is -2.20. The van der Waals surface area contributed by atoms with Crippen LogP contribution in [0.5, 0.6) is 0 Å². The first-order valence-corrected chi connectivity index (χ1v) is 6.37. The van der Waals surface area contributed by atoms with E-state index >= 15 is 0 Å². The van der Waals surface area contributed by atoms with Gasteiger partial charge in [-0.1, -0.05) is 30.3 Å². The maximum atomic E-state index is 5.27. The van der Waals surface area contributed by atoms with Crippen molar-refractivity contribution in [2.45, 2.75) is 26.0 Å². The Balaban J connectivity index is 2.07. The summed E-state index contributed by atoms with van der Waals surface area (Å²) < 4.78 is 5.27. The lowest BCUT2D eigenvalue weighted by Crippen LogP contribution is -2.29. The summed E-state index contributed by atoms with van der Waals surface area (Å²) in [6.07, 6.45) is 3.73. The Labute approximate surface area is 113 Å². The van der Waals surface area contributed by atoms with Gasteiger partial charge in [-0.25, -0.2) is 9.97 Å². The van der Waals surface area contributed by atoms with Crippen molar-refractivity contribution in [3.05, 3.63) is 42.7 Å². The van der Waals surface area contributed by atoms with Crippen molar-refractivity contribution in [1.82, 2.24) is 9.97 Å². The average molecular weight is 257 g/mol. The molecule has 1 heterocycles. The van der Waals surface area contributed by atoms with Gasteiger partial charge in [-0.15, -0.1) is 0 Å². The van der Waals surface area contributed by atoms with Crippen LogP contribution in [0.25, 0.3) is 11.4 Å². The van der Waals surface area contributed by atoms with E-state index in [1.807, 2.05) is 37.3 Å². The second kappa shape index (κ2) is 6.29. The summed E-state index contributed by atoms with van der Waals surface area (Å²) in [6.45, 7) is 4.09. The summed E-state index contributed by atoms with van der Waals surface area (Å²) in [5.41, 5.74) is 1.92. The van der Waals surface area contributed by atoms with Crippen LogP contribution in [0.4, 0.5) is 5.69 Å². The molecule has 0 spiro atoms. The minimum atomic E-state index is 0.133. The van der Waals surface area contributed by atoms with E-state index in [9.17, 15) is 0 Å². The van der Waals surface area contributed by atoms with Crippen LogP contribution in [0.1, 0.15) is 13.8 Å². The van der Waals surface area contributed by atoms with E-state index in [0.717, 1.165) is 17.1 Å². The molecule has 19 heavy (non-hydrogen) atoms. The largest absolute Gasteiger partial charge is 0.380 e. The van der Waals surface area contributed by atoms with E-state index in [0.29, 0.717) is 0 Å². The van der Waals surface area contributed by atoms with Crippen LogP contribution in [0.3, 0.4) is 0 Å². The van der Waals surface area contributed by atoms with Crippen molar-refractivity contribution in [1.29, 1.82) is 0 Å². The summed E-state index contributed by atoms with van der Waals surface area (Å²) in [4.78, 5) is 8.75. The molecule has 0 radical (unpaired) electrons. The van der Waals surface area contributed by atoms with Crippen molar-refractivity contribution in [3.63, 3.8) is 0 Å². The SMILES string of the molecule is COC(C)C(C)Nc1cnc(-c2ccccc2)nc1. The van der Waals surface area contributed by atoms with Crippen molar-refractivity contribution in [2.24, 2.45) is 0 Å². The molecule has 2 atom stereocenters. The van der Waals surface area contributed by atoms with E-state index in [1.54, 1.807) is 19.5 Å². The van der Waals surface area contributed by atoms with Gasteiger partial charge in [0.05, 0.1) is 24.2 Å². The molecule has 0 saturated carbocycles. The Morgan fingerprint density at radius 1 is 1.05 bits per heavy atom. The number of hydrogen-bond acceptors (Lipinski definition) is 4. The molecule has 0 aliphatic rings. The van der Waals surface area contributed by atoms with Gasteiger partial charge >= 0.3 is 0 Å². The van der Waals surface area contributed by atoms with Gasteiger partial charge in [-0.3, -0.25) is 0 Å². The average Bonchev–Trinajstić information content (AvgIpc) is 2.48. The lowest BCUT2D eigenvalue weighted by molar-refractivity contribution is 0.106. The molecule has 2 unspecified atom stereocenters. The van der Waals surface area contributed by atoms with Gasteiger partial charge in [0.2, 0.25) is 0 Å². The number of hydrogen-bond donors (Lipinski definition) is 1. The van der Waals surface area contributed by atoms with Crippen LogP contribution in [0.2, 0.25) is 0 Å². The second-order valence-electron chi connectivity index (χ2n) is 4.54. The monoisotopic (exact) mass is 257 g/mol. The summed E-state index contributed by atoms with van der Waals surface area (Å²) in [5.74, 6) is 0.735. The lowest BCUT2D eigenvalue weighted by atomic mass is 10.2. The quantitative estimate of drug-likeness (QED) is 0.894. The van der Waals surface area contributed by atoms with Crippen molar-refractivity contribution in [2.75, 3.05) is 12.4 Å². The third kappa shape index (κ3) is 3.51. The highest BCUT2D eigenvalue weighted by atomic mass is 16.5. The maximum Gasteiger partial charge on any atom is 0.159 e. The van der Waals surface area contributed by atoms with Gasteiger partial charge in [0, 0.05) is 18.7 Å². The highest BCUT2D eigenvalue weighted by Gasteiger charge is 2.11. The highest BCUT2D eigenvalue weighted by molar-refractivity contribution is 5.55. The number of benzene rings is 1. The third-order valence-electron chi connectivity index (χ3n) is 3.15. The first kappa shape index (κ1) is 13.5. The fourth-order valence-electron chi connectivity index (χ4n) is 1.72. The molecule has 0 aliphatic carbocycles. The zero-order valence-corrected chi connectivity index (χ0v) is 11.5. The first-order valence-electron chi connectivity index (χ1n) is 6.37. The standard InChI is InChI=1S/C15H19N3O/c1-11(12(2)19-3)18-14-9-16-15(17-10-14)13-7-5-4-6-8-13/h4-12,18H,1-3H3. The molecule has 1 N–H and O–H groups in total. The van der Waals surface area contributed by atoms with Gasteiger partial charge < -0.3 is 10.1 Å². The normalized spacial score (nSPS) is 13.8. The molecule has 2 aromatic rings. The summed E-state index contributed by atoms with van der Waals surface area (Å²) in [7, 11) is 1.71. The third-order valence-corrected chi connectivity index (χ3v) is 3.15. The number of methoxy groups -OCH3 is 1. The number of aromatic nitrogens is 2. The Morgan fingerprint density at radius 2 is 1.68 bits per heavy atom. The van der Waals surface area contributed by atoms with Crippen LogP contribution in [0.15, 0.2) is 42.7 Å². The van der Waals surface area contributed by atoms with Crippen molar-refractivity contribution in [3.8, 4) is 11.4 Å². The fraction of sp³-hybridized carbons (Fsp3) is 0.333. The zero-order chi connectivity index (χ0) is 13.7. The Kier molecular flexibility index (Phi) is 4.47. The summed E-state index contributed by atoms with van der Waals surface area (Å²) in [6, 6.07) is 10.1. The number of rotatable bonds is 5. The Bertz CT molecular complexity index is 499. The van der Waals surface area contributed by atoms with Crippen molar-refractivity contribution < 1.29 is 4.74 Å². The first-order chi connectivity index (χ1) is 9.20. The Hall–Kier alpha value is -1.94. The molecule has 0 bridgehead atoms. The Morgan fingerprint density at radius 3 is 2.26 bits per heavy atom. The highest BCUT2D eigenvalue weighted by Crippen LogP contribution is 2.15. The molecule has 1 aromatic carbocycles. The molecule has 1 aromatic heterocycles. The predicted molar refractivity (Wildman–Crippen MR) is 77.0 cm³/mol.